The molecular weight excluding hydrogens is 353 g/mol. The van der Waals surface area contributed by atoms with Crippen LogP contribution in [0.15, 0.2) is 29.2 Å². The Labute approximate surface area is 154 Å². The van der Waals surface area contributed by atoms with Crippen LogP contribution in [0.5, 0.6) is 0 Å². The van der Waals surface area contributed by atoms with Gasteiger partial charge >= 0.3 is 0 Å². The highest BCUT2D eigenvalue weighted by Gasteiger charge is 2.51. The minimum atomic E-state index is -3.51. The first-order valence-electron chi connectivity index (χ1n) is 9.59. The molecule has 0 aromatic heterocycles. The number of hydrogen-bond donors (Lipinski definition) is 1. The maximum Gasteiger partial charge on any atom is 0.220 e. The van der Waals surface area contributed by atoms with Crippen molar-refractivity contribution in [2.45, 2.75) is 49.8 Å². The Morgan fingerprint density at radius 2 is 1.58 bits per heavy atom. The zero-order chi connectivity index (χ0) is 18.4. The van der Waals surface area contributed by atoms with E-state index in [0.717, 1.165) is 29.9 Å². The van der Waals surface area contributed by atoms with Gasteiger partial charge < -0.3 is 5.32 Å². The summed E-state index contributed by atoms with van der Waals surface area (Å²) in [5.41, 5.74) is 0.161. The third-order valence-electron chi connectivity index (χ3n) is 6.57. The molecule has 0 heterocycles. The summed E-state index contributed by atoms with van der Waals surface area (Å²) < 4.78 is 37.5. The summed E-state index contributed by atoms with van der Waals surface area (Å²) in [5.74, 6) is 1.74. The summed E-state index contributed by atoms with van der Waals surface area (Å²) in [6.45, 7) is 0.102. The second kappa shape index (κ2) is 6.63. The minimum Gasteiger partial charge on any atom is -0.355 e. The molecule has 4 saturated carbocycles. The third kappa shape index (κ3) is 3.66. The average molecular weight is 379 g/mol. The molecule has 4 aliphatic rings. The summed E-state index contributed by atoms with van der Waals surface area (Å²) in [6.07, 6.45) is 8.07. The molecule has 1 aromatic rings. The number of benzene rings is 1. The van der Waals surface area contributed by atoms with Crippen LogP contribution >= 0.6 is 0 Å². The van der Waals surface area contributed by atoms with Crippen molar-refractivity contribution in [3.8, 4) is 0 Å². The first kappa shape index (κ1) is 18.0. The lowest BCUT2D eigenvalue weighted by Gasteiger charge is -2.56. The standard InChI is InChI=1S/C20H26FNO3S/c21-17-1-3-18(4-2-17)26(24,25)6-5-22-19(23)13-20-10-14-7-15(11-20)9-16(8-14)12-20/h1-4,14-16H,5-13H2,(H,22,23). The van der Waals surface area contributed by atoms with Gasteiger partial charge in [-0.2, -0.15) is 0 Å². The molecule has 0 spiro atoms. The molecule has 1 amide bonds. The van der Waals surface area contributed by atoms with Crippen LogP contribution in [0.25, 0.3) is 0 Å². The monoisotopic (exact) mass is 379 g/mol. The normalized spacial score (nSPS) is 32.6. The van der Waals surface area contributed by atoms with E-state index in [1.807, 2.05) is 0 Å². The number of amides is 1. The van der Waals surface area contributed by atoms with Crippen molar-refractivity contribution in [3.63, 3.8) is 0 Å². The van der Waals surface area contributed by atoms with Crippen LogP contribution in [0, 0.1) is 29.0 Å². The van der Waals surface area contributed by atoms with Gasteiger partial charge in [0, 0.05) is 13.0 Å². The molecule has 26 heavy (non-hydrogen) atoms. The van der Waals surface area contributed by atoms with Crippen molar-refractivity contribution in [1.82, 2.24) is 5.32 Å². The Balaban J connectivity index is 1.30. The molecule has 1 aromatic carbocycles. The van der Waals surface area contributed by atoms with Crippen LogP contribution in [0.1, 0.15) is 44.9 Å². The second-order valence-electron chi connectivity index (χ2n) is 8.72. The van der Waals surface area contributed by atoms with E-state index in [9.17, 15) is 17.6 Å². The molecule has 0 saturated heterocycles. The summed E-state index contributed by atoms with van der Waals surface area (Å²) in [6, 6.07) is 4.81. The number of hydrogen-bond acceptors (Lipinski definition) is 3. The molecule has 4 fully saturated rings. The quantitative estimate of drug-likeness (QED) is 0.771. The van der Waals surface area contributed by atoms with Crippen LogP contribution in [0.3, 0.4) is 0 Å². The maximum absolute atomic E-state index is 12.9. The fraction of sp³-hybridized carbons (Fsp3) is 0.650. The van der Waals surface area contributed by atoms with Gasteiger partial charge in [-0.25, -0.2) is 12.8 Å². The number of rotatable bonds is 6. The van der Waals surface area contributed by atoms with E-state index in [1.165, 1.54) is 50.7 Å². The van der Waals surface area contributed by atoms with E-state index in [4.69, 9.17) is 0 Å². The fourth-order valence-corrected chi connectivity index (χ4v) is 7.15. The minimum absolute atomic E-state index is 0.0266. The number of sulfone groups is 1. The van der Waals surface area contributed by atoms with Gasteiger partial charge in [-0.05, 0) is 86.0 Å². The first-order chi connectivity index (χ1) is 12.3. The lowest BCUT2D eigenvalue weighted by atomic mass is 9.49. The molecule has 1 N–H and O–H groups in total. The van der Waals surface area contributed by atoms with E-state index < -0.39 is 15.7 Å². The van der Waals surface area contributed by atoms with E-state index >= 15 is 0 Å². The zero-order valence-corrected chi connectivity index (χ0v) is 15.7. The zero-order valence-electron chi connectivity index (χ0n) is 14.9. The van der Waals surface area contributed by atoms with Crippen molar-refractivity contribution >= 4 is 15.7 Å². The van der Waals surface area contributed by atoms with Gasteiger partial charge in [0.05, 0.1) is 10.6 Å². The SMILES string of the molecule is O=C(CC12CC3CC(CC(C3)C1)C2)NCCS(=O)(=O)c1ccc(F)cc1. The lowest BCUT2D eigenvalue weighted by Crippen LogP contribution is -2.48. The smallest absolute Gasteiger partial charge is 0.220 e. The number of halogens is 1. The topological polar surface area (TPSA) is 63.2 Å². The van der Waals surface area contributed by atoms with Crippen LogP contribution in [-0.4, -0.2) is 26.6 Å². The van der Waals surface area contributed by atoms with E-state index in [-0.39, 0.29) is 28.5 Å². The Morgan fingerprint density at radius 3 is 2.12 bits per heavy atom. The Morgan fingerprint density at radius 1 is 1.04 bits per heavy atom. The molecule has 0 radical (unpaired) electrons. The fourth-order valence-electron chi connectivity index (χ4n) is 5.99. The van der Waals surface area contributed by atoms with E-state index in [2.05, 4.69) is 5.32 Å². The maximum atomic E-state index is 12.9. The Bertz CT molecular complexity index is 752. The van der Waals surface area contributed by atoms with Gasteiger partial charge in [0.2, 0.25) is 5.91 Å². The van der Waals surface area contributed by atoms with E-state index in [1.54, 1.807) is 0 Å². The number of carbonyl (C=O) groups is 1. The van der Waals surface area contributed by atoms with Crippen molar-refractivity contribution in [2.24, 2.45) is 23.2 Å². The second-order valence-corrected chi connectivity index (χ2v) is 10.8. The molecule has 0 aliphatic heterocycles. The van der Waals surface area contributed by atoms with E-state index in [0.29, 0.717) is 6.42 Å². The van der Waals surface area contributed by atoms with Crippen molar-refractivity contribution < 1.29 is 17.6 Å². The third-order valence-corrected chi connectivity index (χ3v) is 8.30. The molecule has 4 bridgehead atoms. The van der Waals surface area contributed by atoms with Crippen LogP contribution in [0.4, 0.5) is 4.39 Å². The average Bonchev–Trinajstić information content (AvgIpc) is 2.53. The summed E-state index contributed by atoms with van der Waals surface area (Å²) in [4.78, 5) is 12.5. The number of nitrogens with one attached hydrogen (secondary N) is 1. The highest BCUT2D eigenvalue weighted by Crippen LogP contribution is 2.61. The molecule has 0 unspecified atom stereocenters. The molecule has 5 rings (SSSR count). The van der Waals surface area contributed by atoms with Gasteiger partial charge in [-0.3, -0.25) is 4.79 Å². The lowest BCUT2D eigenvalue weighted by molar-refractivity contribution is -0.129. The van der Waals surface area contributed by atoms with Gasteiger partial charge in [0.15, 0.2) is 9.84 Å². The number of carbonyl (C=O) groups excluding carboxylic acids is 1. The highest BCUT2D eigenvalue weighted by atomic mass is 32.2. The molecular formula is C20H26FNO3S. The van der Waals surface area contributed by atoms with Crippen molar-refractivity contribution in [1.29, 1.82) is 0 Å². The largest absolute Gasteiger partial charge is 0.355 e. The molecule has 4 aliphatic carbocycles. The summed E-state index contributed by atoms with van der Waals surface area (Å²) in [7, 11) is -3.51. The summed E-state index contributed by atoms with van der Waals surface area (Å²) >= 11 is 0. The predicted octanol–water partition coefficient (Wildman–Crippen LogP) is 3.32. The van der Waals surface area contributed by atoms with Crippen molar-refractivity contribution in [3.05, 3.63) is 30.1 Å². The molecule has 0 atom stereocenters. The van der Waals surface area contributed by atoms with Crippen molar-refractivity contribution in [2.75, 3.05) is 12.3 Å². The van der Waals surface area contributed by atoms with Crippen LogP contribution in [0.2, 0.25) is 0 Å². The van der Waals surface area contributed by atoms with Crippen LogP contribution in [-0.2, 0) is 14.6 Å². The van der Waals surface area contributed by atoms with Gasteiger partial charge in [0.1, 0.15) is 5.82 Å². The Hall–Kier alpha value is -1.43. The first-order valence-corrected chi connectivity index (χ1v) is 11.2. The summed E-state index contributed by atoms with van der Waals surface area (Å²) in [5, 5.41) is 2.80. The Kier molecular flexibility index (Phi) is 4.58. The predicted molar refractivity (Wildman–Crippen MR) is 96.7 cm³/mol. The van der Waals surface area contributed by atoms with Gasteiger partial charge in [-0.15, -0.1) is 0 Å². The molecule has 142 valence electrons. The highest BCUT2D eigenvalue weighted by molar-refractivity contribution is 7.91. The van der Waals surface area contributed by atoms with Gasteiger partial charge in [0.25, 0.3) is 0 Å². The van der Waals surface area contributed by atoms with Crippen LogP contribution < -0.4 is 5.32 Å². The van der Waals surface area contributed by atoms with Gasteiger partial charge in [-0.1, -0.05) is 0 Å². The molecule has 4 nitrogen and oxygen atoms in total. The molecule has 6 heteroatoms.